The maximum absolute atomic E-state index is 13.4. The highest BCUT2D eigenvalue weighted by atomic mass is 79.9. The second-order valence-electron chi connectivity index (χ2n) is 4.32. The summed E-state index contributed by atoms with van der Waals surface area (Å²) in [5.41, 5.74) is 5.66. The fraction of sp³-hybridized carbons (Fsp3) is 0.417. The van der Waals surface area contributed by atoms with Crippen LogP contribution in [-0.4, -0.2) is 12.3 Å². The molecule has 1 aliphatic rings. The molecule has 0 bridgehead atoms. The smallest absolute Gasteiger partial charge is 0.144 e. The summed E-state index contributed by atoms with van der Waals surface area (Å²) >= 11 is 3.27. The number of carbonyl (C=O) groups excluding carboxylic acids is 1. The van der Waals surface area contributed by atoms with Crippen LogP contribution < -0.4 is 5.73 Å². The minimum Gasteiger partial charge on any atom is -0.329 e. The van der Waals surface area contributed by atoms with E-state index in [0.29, 0.717) is 12.1 Å². The van der Waals surface area contributed by atoms with Gasteiger partial charge in [-0.3, -0.25) is 4.79 Å². The Kier molecular flexibility index (Phi) is 3.13. The van der Waals surface area contributed by atoms with Crippen molar-refractivity contribution in [2.75, 3.05) is 6.54 Å². The second kappa shape index (κ2) is 4.26. The third kappa shape index (κ3) is 2.18. The Morgan fingerprint density at radius 1 is 1.50 bits per heavy atom. The highest BCUT2D eigenvalue weighted by Crippen LogP contribution is 2.46. The molecule has 2 nitrogen and oxygen atoms in total. The standard InChI is InChI=1S/C12H13BrFNO/c13-9-1-2-10(14)8(5-9)6-11(16)12(7-15)3-4-12/h1-2,5H,3-4,6-7,15H2. The Hall–Kier alpha value is -0.740. The van der Waals surface area contributed by atoms with Gasteiger partial charge in [-0.1, -0.05) is 15.9 Å². The third-order valence-corrected chi connectivity index (χ3v) is 3.69. The van der Waals surface area contributed by atoms with Gasteiger partial charge < -0.3 is 5.73 Å². The van der Waals surface area contributed by atoms with E-state index >= 15 is 0 Å². The van der Waals surface area contributed by atoms with Gasteiger partial charge in [-0.2, -0.15) is 0 Å². The zero-order valence-corrected chi connectivity index (χ0v) is 10.4. The Bertz CT molecular complexity index is 429. The van der Waals surface area contributed by atoms with Crippen LogP contribution in [0.4, 0.5) is 4.39 Å². The normalized spacial score (nSPS) is 17.2. The number of carbonyl (C=O) groups is 1. The van der Waals surface area contributed by atoms with Gasteiger partial charge in [-0.05, 0) is 36.6 Å². The van der Waals surface area contributed by atoms with Gasteiger partial charge in [-0.15, -0.1) is 0 Å². The molecule has 0 spiro atoms. The molecule has 0 radical (unpaired) electrons. The molecular formula is C12H13BrFNO. The second-order valence-corrected chi connectivity index (χ2v) is 5.24. The Morgan fingerprint density at radius 2 is 2.19 bits per heavy atom. The summed E-state index contributed by atoms with van der Waals surface area (Å²) < 4.78 is 14.2. The number of nitrogens with two attached hydrogens (primary N) is 1. The van der Waals surface area contributed by atoms with Gasteiger partial charge in [0.05, 0.1) is 0 Å². The van der Waals surface area contributed by atoms with Crippen molar-refractivity contribution in [3.05, 3.63) is 34.1 Å². The molecule has 0 aromatic heterocycles. The van der Waals surface area contributed by atoms with E-state index in [9.17, 15) is 9.18 Å². The van der Waals surface area contributed by atoms with Crippen molar-refractivity contribution in [2.45, 2.75) is 19.3 Å². The Balaban J connectivity index is 2.15. The van der Waals surface area contributed by atoms with Crippen LogP contribution in [0.2, 0.25) is 0 Å². The molecule has 0 unspecified atom stereocenters. The molecule has 1 saturated carbocycles. The molecule has 0 aliphatic heterocycles. The SMILES string of the molecule is NCC1(C(=O)Cc2cc(Br)ccc2F)CC1. The predicted molar refractivity (Wildman–Crippen MR) is 63.5 cm³/mol. The Labute approximate surface area is 102 Å². The van der Waals surface area contributed by atoms with Gasteiger partial charge in [0.25, 0.3) is 0 Å². The zero-order chi connectivity index (χ0) is 11.8. The Morgan fingerprint density at radius 3 is 2.75 bits per heavy atom. The molecule has 16 heavy (non-hydrogen) atoms. The van der Waals surface area contributed by atoms with Crippen molar-refractivity contribution < 1.29 is 9.18 Å². The van der Waals surface area contributed by atoms with Crippen LogP contribution in [-0.2, 0) is 11.2 Å². The average Bonchev–Trinajstić information content (AvgIpc) is 3.04. The molecular weight excluding hydrogens is 273 g/mol. The number of halogens is 2. The first-order valence-electron chi connectivity index (χ1n) is 5.25. The average molecular weight is 286 g/mol. The number of ketones is 1. The van der Waals surface area contributed by atoms with Crippen LogP contribution in [0, 0.1) is 11.2 Å². The van der Waals surface area contributed by atoms with Gasteiger partial charge in [0.1, 0.15) is 11.6 Å². The highest BCUT2D eigenvalue weighted by molar-refractivity contribution is 9.10. The summed E-state index contributed by atoms with van der Waals surface area (Å²) in [4.78, 5) is 11.9. The lowest BCUT2D eigenvalue weighted by molar-refractivity contribution is -0.123. The molecule has 0 amide bonds. The van der Waals surface area contributed by atoms with Gasteiger partial charge in [0.15, 0.2) is 0 Å². The predicted octanol–water partition coefficient (Wildman–Crippen LogP) is 2.44. The highest BCUT2D eigenvalue weighted by Gasteiger charge is 2.47. The molecule has 1 aliphatic carbocycles. The van der Waals surface area contributed by atoms with Crippen molar-refractivity contribution in [1.29, 1.82) is 0 Å². The maximum atomic E-state index is 13.4. The van der Waals surface area contributed by atoms with Gasteiger partial charge in [0.2, 0.25) is 0 Å². The van der Waals surface area contributed by atoms with E-state index < -0.39 is 0 Å². The van der Waals surface area contributed by atoms with Crippen LogP contribution >= 0.6 is 15.9 Å². The minimum atomic E-state index is -0.352. The van der Waals surface area contributed by atoms with Crippen LogP contribution in [0.1, 0.15) is 18.4 Å². The van der Waals surface area contributed by atoms with Crippen LogP contribution in [0.15, 0.2) is 22.7 Å². The minimum absolute atomic E-state index is 0.0620. The largest absolute Gasteiger partial charge is 0.329 e. The first kappa shape index (κ1) is 11.7. The van der Waals surface area contributed by atoms with E-state index in [1.54, 1.807) is 12.1 Å². The summed E-state index contributed by atoms with van der Waals surface area (Å²) in [6, 6.07) is 4.65. The number of Topliss-reactive ketones (excluding diaryl/α,β-unsaturated/α-hetero) is 1. The molecule has 2 rings (SSSR count). The van der Waals surface area contributed by atoms with Gasteiger partial charge in [-0.25, -0.2) is 4.39 Å². The molecule has 4 heteroatoms. The molecule has 0 heterocycles. The summed E-state index contributed by atoms with van der Waals surface area (Å²) in [6.45, 7) is 0.376. The van der Waals surface area contributed by atoms with Crippen molar-refractivity contribution in [3.8, 4) is 0 Å². The molecule has 2 N–H and O–H groups in total. The first-order chi connectivity index (χ1) is 7.57. The zero-order valence-electron chi connectivity index (χ0n) is 8.80. The number of hydrogen-bond acceptors (Lipinski definition) is 2. The molecule has 1 fully saturated rings. The van der Waals surface area contributed by atoms with E-state index in [1.807, 2.05) is 0 Å². The molecule has 0 atom stereocenters. The lowest BCUT2D eigenvalue weighted by Crippen LogP contribution is -2.27. The van der Waals surface area contributed by atoms with Crippen molar-refractivity contribution in [2.24, 2.45) is 11.1 Å². The summed E-state index contributed by atoms with van der Waals surface area (Å²) in [5.74, 6) is -0.267. The van der Waals surface area contributed by atoms with E-state index in [4.69, 9.17) is 5.73 Å². The molecule has 1 aromatic carbocycles. The van der Waals surface area contributed by atoms with Gasteiger partial charge >= 0.3 is 0 Å². The fourth-order valence-electron chi connectivity index (χ4n) is 1.79. The first-order valence-corrected chi connectivity index (χ1v) is 6.04. The fourth-order valence-corrected chi connectivity index (χ4v) is 2.20. The topological polar surface area (TPSA) is 43.1 Å². The molecule has 1 aromatic rings. The van der Waals surface area contributed by atoms with Crippen molar-refractivity contribution >= 4 is 21.7 Å². The number of hydrogen-bond donors (Lipinski definition) is 1. The van der Waals surface area contributed by atoms with E-state index in [-0.39, 0.29) is 23.4 Å². The molecule has 86 valence electrons. The van der Waals surface area contributed by atoms with Crippen LogP contribution in [0.5, 0.6) is 0 Å². The van der Waals surface area contributed by atoms with Gasteiger partial charge in [0, 0.05) is 22.9 Å². The molecule has 0 saturated heterocycles. The lowest BCUT2D eigenvalue weighted by Gasteiger charge is -2.11. The van der Waals surface area contributed by atoms with E-state index in [2.05, 4.69) is 15.9 Å². The number of rotatable bonds is 4. The monoisotopic (exact) mass is 285 g/mol. The summed E-state index contributed by atoms with van der Waals surface area (Å²) in [5, 5.41) is 0. The van der Waals surface area contributed by atoms with E-state index in [0.717, 1.165) is 17.3 Å². The quantitative estimate of drug-likeness (QED) is 0.923. The summed E-state index contributed by atoms with van der Waals surface area (Å²) in [7, 11) is 0. The number of benzene rings is 1. The lowest BCUT2D eigenvalue weighted by atomic mass is 9.95. The van der Waals surface area contributed by atoms with Crippen molar-refractivity contribution in [1.82, 2.24) is 0 Å². The van der Waals surface area contributed by atoms with Crippen LogP contribution in [0.3, 0.4) is 0 Å². The van der Waals surface area contributed by atoms with E-state index in [1.165, 1.54) is 6.07 Å². The van der Waals surface area contributed by atoms with Crippen molar-refractivity contribution in [3.63, 3.8) is 0 Å². The maximum Gasteiger partial charge on any atom is 0.144 e. The third-order valence-electron chi connectivity index (χ3n) is 3.19. The van der Waals surface area contributed by atoms with Crippen LogP contribution in [0.25, 0.3) is 0 Å². The summed E-state index contributed by atoms with van der Waals surface area (Å²) in [6.07, 6.45) is 1.83.